The van der Waals surface area contributed by atoms with Gasteiger partial charge in [0, 0.05) is 23.9 Å². The van der Waals surface area contributed by atoms with Crippen molar-refractivity contribution in [3.63, 3.8) is 0 Å². The number of carboxylic acids is 1. The molecule has 31 heavy (non-hydrogen) atoms. The molecule has 5 nitrogen and oxygen atoms in total. The molecule has 0 unspecified atom stereocenters. The Bertz CT molecular complexity index is 1000. The molecule has 0 bridgehead atoms. The summed E-state index contributed by atoms with van der Waals surface area (Å²) in [6.45, 7) is 3.39. The SMILES string of the molecule is Cc1cccc(-c2cn(CC3CCC(COCC(=O)O)CC3)nc2-c2ccccc2)c1. The summed E-state index contributed by atoms with van der Waals surface area (Å²) in [6, 6.07) is 19.0. The van der Waals surface area contributed by atoms with Gasteiger partial charge in [0.15, 0.2) is 0 Å². The van der Waals surface area contributed by atoms with Crippen LogP contribution in [0.5, 0.6) is 0 Å². The molecule has 0 aliphatic heterocycles. The lowest BCUT2D eigenvalue weighted by molar-refractivity contribution is -0.142. The first-order chi connectivity index (χ1) is 15.1. The van der Waals surface area contributed by atoms with Crippen LogP contribution in [-0.2, 0) is 16.1 Å². The number of nitrogens with zero attached hydrogens (tertiary/aromatic N) is 2. The van der Waals surface area contributed by atoms with Crippen molar-refractivity contribution in [2.45, 2.75) is 39.2 Å². The Morgan fingerprint density at radius 3 is 2.45 bits per heavy atom. The molecule has 0 atom stereocenters. The fourth-order valence-corrected chi connectivity index (χ4v) is 4.51. The van der Waals surface area contributed by atoms with E-state index in [9.17, 15) is 4.79 Å². The van der Waals surface area contributed by atoms with Crippen LogP contribution in [0.2, 0.25) is 0 Å². The summed E-state index contributed by atoms with van der Waals surface area (Å²) in [6.07, 6.45) is 6.62. The number of aromatic nitrogens is 2. The summed E-state index contributed by atoms with van der Waals surface area (Å²) in [4.78, 5) is 10.6. The summed E-state index contributed by atoms with van der Waals surface area (Å²) in [7, 11) is 0. The number of carboxylic acid groups (broad SMARTS) is 1. The van der Waals surface area contributed by atoms with Crippen molar-refractivity contribution < 1.29 is 14.6 Å². The highest BCUT2D eigenvalue weighted by atomic mass is 16.5. The largest absolute Gasteiger partial charge is 0.480 e. The number of hydrogen-bond donors (Lipinski definition) is 1. The Labute approximate surface area is 183 Å². The van der Waals surface area contributed by atoms with Crippen LogP contribution in [-0.4, -0.2) is 34.1 Å². The minimum atomic E-state index is -0.897. The zero-order valence-electron chi connectivity index (χ0n) is 18.0. The third-order valence-electron chi connectivity index (χ3n) is 6.13. The second-order valence-corrected chi connectivity index (χ2v) is 8.64. The van der Waals surface area contributed by atoms with E-state index in [-0.39, 0.29) is 6.61 Å². The van der Waals surface area contributed by atoms with E-state index in [1.807, 2.05) is 6.07 Å². The van der Waals surface area contributed by atoms with Crippen molar-refractivity contribution in [3.05, 3.63) is 66.4 Å². The minimum Gasteiger partial charge on any atom is -0.480 e. The first-order valence-electron chi connectivity index (χ1n) is 11.1. The molecule has 0 saturated heterocycles. The van der Waals surface area contributed by atoms with Crippen LogP contribution >= 0.6 is 0 Å². The quantitative estimate of drug-likeness (QED) is 0.529. The van der Waals surface area contributed by atoms with Crippen molar-refractivity contribution in [3.8, 4) is 22.4 Å². The summed E-state index contributed by atoms with van der Waals surface area (Å²) in [5.74, 6) is 0.159. The number of rotatable bonds is 8. The van der Waals surface area contributed by atoms with E-state index in [0.717, 1.165) is 43.5 Å². The molecule has 4 rings (SSSR count). The van der Waals surface area contributed by atoms with Crippen molar-refractivity contribution in [1.82, 2.24) is 9.78 Å². The summed E-state index contributed by atoms with van der Waals surface area (Å²) < 4.78 is 7.41. The molecule has 1 aromatic heterocycles. The lowest BCUT2D eigenvalue weighted by Crippen LogP contribution is -2.23. The van der Waals surface area contributed by atoms with E-state index < -0.39 is 5.97 Å². The van der Waals surface area contributed by atoms with E-state index in [0.29, 0.717) is 18.4 Å². The van der Waals surface area contributed by atoms with E-state index in [1.54, 1.807) is 0 Å². The predicted molar refractivity (Wildman–Crippen MR) is 122 cm³/mol. The van der Waals surface area contributed by atoms with Gasteiger partial charge in [-0.15, -0.1) is 0 Å². The molecule has 1 aliphatic carbocycles. The van der Waals surface area contributed by atoms with Gasteiger partial charge in [-0.1, -0.05) is 60.2 Å². The molecule has 1 saturated carbocycles. The average molecular weight is 419 g/mol. The van der Waals surface area contributed by atoms with Crippen LogP contribution in [0.4, 0.5) is 0 Å². The number of aliphatic carboxylic acids is 1. The standard InChI is InChI=1S/C26H30N2O3/c1-19-6-5-9-23(14-19)24-16-28(27-26(24)22-7-3-2-4-8-22)15-20-10-12-21(13-11-20)17-31-18-25(29)30/h2-9,14,16,20-21H,10-13,15,17-18H2,1H3,(H,29,30). The molecule has 1 N–H and O–H groups in total. The average Bonchev–Trinajstić information content (AvgIpc) is 3.19. The smallest absolute Gasteiger partial charge is 0.329 e. The van der Waals surface area contributed by atoms with E-state index in [4.69, 9.17) is 14.9 Å². The maximum atomic E-state index is 10.6. The molecule has 1 fully saturated rings. The van der Waals surface area contributed by atoms with Gasteiger partial charge in [0.25, 0.3) is 0 Å². The highest BCUT2D eigenvalue weighted by Gasteiger charge is 2.23. The molecule has 2 aromatic carbocycles. The molecule has 1 aliphatic rings. The monoisotopic (exact) mass is 418 g/mol. The van der Waals surface area contributed by atoms with Gasteiger partial charge < -0.3 is 9.84 Å². The van der Waals surface area contributed by atoms with Crippen LogP contribution in [0.1, 0.15) is 31.2 Å². The zero-order valence-corrected chi connectivity index (χ0v) is 18.0. The maximum absolute atomic E-state index is 10.6. The summed E-state index contributed by atoms with van der Waals surface area (Å²) in [5.41, 5.74) is 5.78. The number of ether oxygens (including phenoxy) is 1. The van der Waals surface area contributed by atoms with Gasteiger partial charge in [-0.3, -0.25) is 4.68 Å². The van der Waals surface area contributed by atoms with E-state index in [2.05, 4.69) is 66.3 Å². The van der Waals surface area contributed by atoms with Crippen LogP contribution in [0, 0.1) is 18.8 Å². The molecule has 3 aromatic rings. The lowest BCUT2D eigenvalue weighted by Gasteiger charge is -2.28. The van der Waals surface area contributed by atoms with Crippen LogP contribution in [0.3, 0.4) is 0 Å². The number of benzene rings is 2. The van der Waals surface area contributed by atoms with Gasteiger partial charge in [0.2, 0.25) is 0 Å². The Kier molecular flexibility index (Phi) is 6.82. The van der Waals surface area contributed by atoms with Crippen molar-refractivity contribution in [2.75, 3.05) is 13.2 Å². The predicted octanol–water partition coefficient (Wildman–Crippen LogP) is 5.43. The van der Waals surface area contributed by atoms with Crippen LogP contribution in [0.25, 0.3) is 22.4 Å². The highest BCUT2D eigenvalue weighted by molar-refractivity contribution is 5.80. The third-order valence-corrected chi connectivity index (χ3v) is 6.13. The summed E-state index contributed by atoms with van der Waals surface area (Å²) in [5, 5.41) is 13.7. The van der Waals surface area contributed by atoms with E-state index in [1.165, 1.54) is 16.7 Å². The van der Waals surface area contributed by atoms with Gasteiger partial charge in [0.05, 0.1) is 6.61 Å². The Hall–Kier alpha value is -2.92. The first-order valence-corrected chi connectivity index (χ1v) is 11.1. The lowest BCUT2D eigenvalue weighted by atomic mass is 9.82. The second-order valence-electron chi connectivity index (χ2n) is 8.64. The van der Waals surface area contributed by atoms with E-state index >= 15 is 0 Å². The third kappa shape index (κ3) is 5.61. The van der Waals surface area contributed by atoms with Gasteiger partial charge in [-0.2, -0.15) is 5.10 Å². The molecular weight excluding hydrogens is 388 g/mol. The molecule has 0 spiro atoms. The normalized spacial score (nSPS) is 18.7. The van der Waals surface area contributed by atoms with Crippen molar-refractivity contribution in [2.24, 2.45) is 11.8 Å². The topological polar surface area (TPSA) is 64.3 Å². The Morgan fingerprint density at radius 2 is 1.74 bits per heavy atom. The fourth-order valence-electron chi connectivity index (χ4n) is 4.51. The minimum absolute atomic E-state index is 0.197. The number of aryl methyl sites for hydroxylation is 1. The van der Waals surface area contributed by atoms with Crippen LogP contribution in [0.15, 0.2) is 60.8 Å². The highest BCUT2D eigenvalue weighted by Crippen LogP contribution is 2.34. The first kappa shape index (κ1) is 21.3. The molecule has 162 valence electrons. The van der Waals surface area contributed by atoms with Crippen molar-refractivity contribution >= 4 is 5.97 Å². The van der Waals surface area contributed by atoms with Gasteiger partial charge in [-0.25, -0.2) is 4.79 Å². The Morgan fingerprint density at radius 1 is 1.03 bits per heavy atom. The van der Waals surface area contributed by atoms with Crippen LogP contribution < -0.4 is 0 Å². The van der Waals surface area contributed by atoms with Gasteiger partial charge in [0.1, 0.15) is 12.3 Å². The molecule has 1 heterocycles. The molecule has 0 amide bonds. The molecule has 0 radical (unpaired) electrons. The fraction of sp³-hybridized carbons (Fsp3) is 0.385. The van der Waals surface area contributed by atoms with Gasteiger partial charge >= 0.3 is 5.97 Å². The molecular formula is C26H30N2O3. The zero-order chi connectivity index (χ0) is 21.6. The second kappa shape index (κ2) is 9.92. The van der Waals surface area contributed by atoms with Crippen molar-refractivity contribution in [1.29, 1.82) is 0 Å². The maximum Gasteiger partial charge on any atom is 0.329 e. The van der Waals surface area contributed by atoms with Gasteiger partial charge in [-0.05, 0) is 50.0 Å². The Balaban J connectivity index is 1.47. The number of hydrogen-bond acceptors (Lipinski definition) is 3. The summed E-state index contributed by atoms with van der Waals surface area (Å²) >= 11 is 0. The number of carbonyl (C=O) groups is 1. The molecule has 5 heteroatoms.